The van der Waals surface area contributed by atoms with Crippen LogP contribution in [0.5, 0.6) is 0 Å². The van der Waals surface area contributed by atoms with Crippen molar-refractivity contribution in [2.24, 2.45) is 0 Å². The maximum absolute atomic E-state index is 13.0. The lowest BCUT2D eigenvalue weighted by Gasteiger charge is -2.11. The third kappa shape index (κ3) is 4.01. The van der Waals surface area contributed by atoms with Crippen LogP contribution < -0.4 is 5.73 Å². The van der Waals surface area contributed by atoms with E-state index in [0.29, 0.717) is 6.26 Å². The molecule has 0 amide bonds. The number of halogens is 4. The van der Waals surface area contributed by atoms with E-state index >= 15 is 0 Å². The number of aromatic nitrogens is 4. The van der Waals surface area contributed by atoms with Gasteiger partial charge in [0.2, 0.25) is 5.65 Å². The first-order chi connectivity index (χ1) is 10.9. The van der Waals surface area contributed by atoms with E-state index in [-0.39, 0.29) is 27.5 Å². The molecule has 0 unspecified atom stereocenters. The van der Waals surface area contributed by atoms with Crippen LogP contribution >= 0.6 is 11.6 Å². The SMILES string of the molecule is CS(=O)(=O)O.Nc1nc2c(C(F)(F)F)cc(Cl)cc2n2cnnc12. The summed E-state index contributed by atoms with van der Waals surface area (Å²) in [6.45, 7) is 0. The molecular weight excluding hydrogens is 375 g/mol. The molecule has 0 spiro atoms. The molecule has 1 aromatic carbocycles. The molecule has 0 atom stereocenters. The quantitative estimate of drug-likeness (QED) is 0.569. The van der Waals surface area contributed by atoms with E-state index in [1.165, 1.54) is 16.8 Å². The number of hydrogen-bond acceptors (Lipinski definition) is 6. The third-order valence-electron chi connectivity index (χ3n) is 2.63. The zero-order valence-corrected chi connectivity index (χ0v) is 13.4. The molecule has 3 rings (SSSR count). The van der Waals surface area contributed by atoms with Gasteiger partial charge in [-0.15, -0.1) is 10.2 Å². The lowest BCUT2D eigenvalue weighted by atomic mass is 10.1. The monoisotopic (exact) mass is 383 g/mol. The van der Waals surface area contributed by atoms with Gasteiger partial charge in [0.15, 0.2) is 5.82 Å². The molecule has 3 N–H and O–H groups in total. The van der Waals surface area contributed by atoms with E-state index in [1.807, 2.05) is 0 Å². The van der Waals surface area contributed by atoms with Gasteiger partial charge in [0, 0.05) is 5.02 Å². The number of hydrogen-bond donors (Lipinski definition) is 2. The Kier molecular flexibility index (Phi) is 4.57. The standard InChI is InChI=1S/C10H5ClF3N5.CH4O3S/c11-4-1-5(10(12,13)14)7-6(2-4)19-3-16-18-9(19)8(15)17-7;1-5(2,3)4/h1-3H,(H2,15,17);1H3,(H,2,3,4). The lowest BCUT2D eigenvalue weighted by Crippen LogP contribution is -2.09. The molecule has 0 radical (unpaired) electrons. The molecule has 2 aromatic heterocycles. The van der Waals surface area contributed by atoms with E-state index < -0.39 is 21.9 Å². The predicted octanol–water partition coefficient (Wildman–Crippen LogP) is 2.04. The van der Waals surface area contributed by atoms with Crippen LogP contribution in [0.4, 0.5) is 19.0 Å². The van der Waals surface area contributed by atoms with Gasteiger partial charge in [-0.05, 0) is 12.1 Å². The van der Waals surface area contributed by atoms with E-state index in [9.17, 15) is 21.6 Å². The highest BCUT2D eigenvalue weighted by Crippen LogP contribution is 2.36. The molecule has 24 heavy (non-hydrogen) atoms. The Morgan fingerprint density at radius 3 is 2.46 bits per heavy atom. The van der Waals surface area contributed by atoms with Crippen molar-refractivity contribution >= 4 is 44.2 Å². The minimum Gasteiger partial charge on any atom is -0.381 e. The number of nitrogens with zero attached hydrogens (tertiary/aromatic N) is 4. The van der Waals surface area contributed by atoms with Crippen LogP contribution in [0.25, 0.3) is 16.7 Å². The van der Waals surface area contributed by atoms with E-state index in [0.717, 1.165) is 6.07 Å². The fraction of sp³-hybridized carbons (Fsp3) is 0.182. The summed E-state index contributed by atoms with van der Waals surface area (Å²) < 4.78 is 66.1. The van der Waals surface area contributed by atoms with Crippen LogP contribution in [-0.4, -0.2) is 38.8 Å². The number of anilines is 1. The summed E-state index contributed by atoms with van der Waals surface area (Å²) in [5.74, 6) is -0.127. The van der Waals surface area contributed by atoms with Gasteiger partial charge in [-0.25, -0.2) is 4.98 Å². The zero-order chi connectivity index (χ0) is 18.3. The molecule has 13 heteroatoms. The van der Waals surface area contributed by atoms with Crippen molar-refractivity contribution in [3.05, 3.63) is 29.0 Å². The number of rotatable bonds is 0. The average molecular weight is 384 g/mol. The van der Waals surface area contributed by atoms with E-state index in [1.54, 1.807) is 0 Å². The fourth-order valence-electron chi connectivity index (χ4n) is 1.86. The first-order valence-corrected chi connectivity index (χ1v) is 8.18. The molecule has 0 aliphatic carbocycles. The number of alkyl halides is 3. The summed E-state index contributed by atoms with van der Waals surface area (Å²) in [6, 6.07) is 2.17. The molecule has 2 heterocycles. The molecule has 0 saturated carbocycles. The van der Waals surface area contributed by atoms with Crippen molar-refractivity contribution in [3.63, 3.8) is 0 Å². The summed E-state index contributed by atoms with van der Waals surface area (Å²) in [4.78, 5) is 3.76. The Morgan fingerprint density at radius 1 is 1.33 bits per heavy atom. The Hall–Kier alpha value is -2.18. The minimum atomic E-state index is -4.58. The number of nitrogens with two attached hydrogens (primary N) is 1. The van der Waals surface area contributed by atoms with Crippen molar-refractivity contribution in [1.82, 2.24) is 19.6 Å². The van der Waals surface area contributed by atoms with Crippen molar-refractivity contribution in [2.75, 3.05) is 12.0 Å². The molecular formula is C11H9ClF3N5O3S. The van der Waals surface area contributed by atoms with Crippen LogP contribution in [0.15, 0.2) is 18.5 Å². The van der Waals surface area contributed by atoms with Crippen molar-refractivity contribution in [3.8, 4) is 0 Å². The van der Waals surface area contributed by atoms with Gasteiger partial charge in [-0.1, -0.05) is 11.6 Å². The smallest absolute Gasteiger partial charge is 0.381 e. The summed E-state index contributed by atoms with van der Waals surface area (Å²) in [5.41, 5.74) is 4.68. The average Bonchev–Trinajstić information content (AvgIpc) is 2.86. The summed E-state index contributed by atoms with van der Waals surface area (Å²) in [7, 11) is -3.67. The second kappa shape index (κ2) is 6.03. The summed E-state index contributed by atoms with van der Waals surface area (Å²) in [5, 5.41) is 7.24. The highest BCUT2D eigenvalue weighted by Gasteiger charge is 2.34. The first kappa shape index (κ1) is 18.2. The van der Waals surface area contributed by atoms with Gasteiger partial charge in [0.1, 0.15) is 11.8 Å². The minimum absolute atomic E-state index is 0.0543. The van der Waals surface area contributed by atoms with Crippen molar-refractivity contribution in [1.29, 1.82) is 0 Å². The first-order valence-electron chi connectivity index (χ1n) is 5.96. The van der Waals surface area contributed by atoms with Gasteiger partial charge in [-0.2, -0.15) is 21.6 Å². The van der Waals surface area contributed by atoms with Gasteiger partial charge in [-0.3, -0.25) is 8.95 Å². The highest BCUT2D eigenvalue weighted by atomic mass is 35.5. The number of benzene rings is 1. The van der Waals surface area contributed by atoms with E-state index in [2.05, 4.69) is 15.2 Å². The van der Waals surface area contributed by atoms with Crippen LogP contribution in [0.3, 0.4) is 0 Å². The molecule has 0 saturated heterocycles. The second-order valence-corrected chi connectivity index (χ2v) is 6.48. The van der Waals surface area contributed by atoms with Crippen LogP contribution in [0.2, 0.25) is 5.02 Å². The number of fused-ring (bicyclic) bond motifs is 3. The normalized spacial score (nSPS) is 12.2. The van der Waals surface area contributed by atoms with Gasteiger partial charge >= 0.3 is 6.18 Å². The zero-order valence-electron chi connectivity index (χ0n) is 11.8. The fourth-order valence-corrected chi connectivity index (χ4v) is 2.07. The Labute approximate surface area is 137 Å². The molecule has 0 fully saturated rings. The van der Waals surface area contributed by atoms with Crippen molar-refractivity contribution < 1.29 is 26.1 Å². The lowest BCUT2D eigenvalue weighted by molar-refractivity contribution is -0.136. The van der Waals surface area contributed by atoms with Crippen LogP contribution in [0.1, 0.15) is 5.56 Å². The Morgan fingerprint density at radius 2 is 1.92 bits per heavy atom. The number of nitrogen functional groups attached to an aromatic ring is 1. The van der Waals surface area contributed by atoms with Gasteiger partial charge in [0.05, 0.1) is 17.3 Å². The third-order valence-corrected chi connectivity index (χ3v) is 2.85. The molecule has 130 valence electrons. The molecule has 0 bridgehead atoms. The Balaban J connectivity index is 0.000000368. The summed E-state index contributed by atoms with van der Waals surface area (Å²) in [6.07, 6.45) is -2.61. The highest BCUT2D eigenvalue weighted by molar-refractivity contribution is 7.85. The van der Waals surface area contributed by atoms with E-state index in [4.69, 9.17) is 21.9 Å². The second-order valence-electron chi connectivity index (χ2n) is 4.57. The van der Waals surface area contributed by atoms with Gasteiger partial charge in [0.25, 0.3) is 10.1 Å². The maximum atomic E-state index is 13.0. The molecule has 0 aliphatic heterocycles. The van der Waals surface area contributed by atoms with Crippen LogP contribution in [0, 0.1) is 0 Å². The van der Waals surface area contributed by atoms with Crippen molar-refractivity contribution in [2.45, 2.75) is 6.18 Å². The maximum Gasteiger partial charge on any atom is 0.418 e. The summed E-state index contributed by atoms with van der Waals surface area (Å²) >= 11 is 5.72. The Bertz CT molecular complexity index is 1010. The predicted molar refractivity (Wildman–Crippen MR) is 80.2 cm³/mol. The molecule has 3 aromatic rings. The topological polar surface area (TPSA) is 123 Å². The van der Waals surface area contributed by atoms with Crippen LogP contribution in [-0.2, 0) is 16.3 Å². The largest absolute Gasteiger partial charge is 0.418 e. The molecule has 0 aliphatic rings. The van der Waals surface area contributed by atoms with Gasteiger partial charge < -0.3 is 5.73 Å². The molecule has 8 nitrogen and oxygen atoms in total.